The van der Waals surface area contributed by atoms with Crippen LogP contribution in [0.25, 0.3) is 0 Å². The van der Waals surface area contributed by atoms with E-state index in [9.17, 15) is 0 Å². The van der Waals surface area contributed by atoms with Crippen LogP contribution in [-0.2, 0) is 6.42 Å². The van der Waals surface area contributed by atoms with Crippen LogP contribution in [0.4, 0.5) is 5.69 Å². The van der Waals surface area contributed by atoms with Gasteiger partial charge in [0.15, 0.2) is 0 Å². The van der Waals surface area contributed by atoms with E-state index in [1.54, 1.807) is 30.6 Å². The van der Waals surface area contributed by atoms with E-state index in [-0.39, 0.29) is 0 Å². The fourth-order valence-corrected chi connectivity index (χ4v) is 1.75. The van der Waals surface area contributed by atoms with Crippen molar-refractivity contribution in [2.45, 2.75) is 12.8 Å². The van der Waals surface area contributed by atoms with Crippen molar-refractivity contribution in [2.24, 2.45) is 0 Å². The maximum Gasteiger partial charge on any atom is 0.121 e. The summed E-state index contributed by atoms with van der Waals surface area (Å²) in [4.78, 5) is 3.98. The summed E-state index contributed by atoms with van der Waals surface area (Å²) < 4.78 is 5.60. The standard InChI is InChI=1S/C15H15N3O/c16-11-13-3-4-14(10-15(13)17)19-9-1-2-12-5-7-18-8-6-12/h3-8,10H,1-2,9,17H2. The van der Waals surface area contributed by atoms with Crippen LogP contribution in [-0.4, -0.2) is 11.6 Å². The lowest BCUT2D eigenvalue weighted by Gasteiger charge is -2.07. The maximum atomic E-state index is 8.77. The van der Waals surface area contributed by atoms with Gasteiger partial charge >= 0.3 is 0 Å². The average Bonchev–Trinajstić information content (AvgIpc) is 2.45. The Morgan fingerprint density at radius 2 is 2.00 bits per heavy atom. The summed E-state index contributed by atoms with van der Waals surface area (Å²) >= 11 is 0. The van der Waals surface area contributed by atoms with E-state index in [1.807, 2.05) is 18.2 Å². The molecule has 0 unspecified atom stereocenters. The zero-order chi connectivity index (χ0) is 13.5. The molecule has 0 spiro atoms. The fraction of sp³-hybridized carbons (Fsp3) is 0.200. The quantitative estimate of drug-likeness (QED) is 0.656. The molecule has 0 atom stereocenters. The molecule has 0 saturated carbocycles. The third-order valence-corrected chi connectivity index (χ3v) is 2.77. The van der Waals surface area contributed by atoms with Gasteiger partial charge in [-0.15, -0.1) is 0 Å². The second-order valence-electron chi connectivity index (χ2n) is 4.17. The van der Waals surface area contributed by atoms with Gasteiger partial charge in [-0.25, -0.2) is 0 Å². The minimum absolute atomic E-state index is 0.453. The highest BCUT2D eigenvalue weighted by atomic mass is 16.5. The molecular weight excluding hydrogens is 238 g/mol. The summed E-state index contributed by atoms with van der Waals surface area (Å²) in [6.45, 7) is 0.619. The van der Waals surface area contributed by atoms with Crippen LogP contribution in [0, 0.1) is 11.3 Å². The largest absolute Gasteiger partial charge is 0.494 e. The molecule has 1 aromatic heterocycles. The van der Waals surface area contributed by atoms with Crippen molar-refractivity contribution in [1.29, 1.82) is 5.26 Å². The van der Waals surface area contributed by atoms with E-state index >= 15 is 0 Å². The number of hydrogen-bond acceptors (Lipinski definition) is 4. The van der Waals surface area contributed by atoms with E-state index < -0.39 is 0 Å². The van der Waals surface area contributed by atoms with Crippen LogP contribution < -0.4 is 10.5 Å². The number of ether oxygens (including phenoxy) is 1. The Morgan fingerprint density at radius 1 is 1.21 bits per heavy atom. The van der Waals surface area contributed by atoms with Gasteiger partial charge < -0.3 is 10.5 Å². The number of anilines is 1. The summed E-state index contributed by atoms with van der Waals surface area (Å²) in [5.41, 5.74) is 7.89. The summed E-state index contributed by atoms with van der Waals surface area (Å²) in [6, 6.07) is 11.1. The minimum atomic E-state index is 0.453. The molecule has 0 aliphatic rings. The molecule has 4 nitrogen and oxygen atoms in total. The Kier molecular flexibility index (Phi) is 4.35. The van der Waals surface area contributed by atoms with Crippen molar-refractivity contribution in [3.05, 3.63) is 53.9 Å². The number of nitrogens with two attached hydrogens (primary N) is 1. The van der Waals surface area contributed by atoms with Crippen molar-refractivity contribution in [1.82, 2.24) is 4.98 Å². The van der Waals surface area contributed by atoms with Gasteiger partial charge in [-0.2, -0.15) is 5.26 Å². The monoisotopic (exact) mass is 253 g/mol. The van der Waals surface area contributed by atoms with Crippen LogP contribution in [0.3, 0.4) is 0 Å². The minimum Gasteiger partial charge on any atom is -0.494 e. The highest BCUT2D eigenvalue weighted by Gasteiger charge is 2.00. The Hall–Kier alpha value is -2.54. The normalized spacial score (nSPS) is 9.84. The molecule has 2 rings (SSSR count). The highest BCUT2D eigenvalue weighted by Crippen LogP contribution is 2.19. The van der Waals surface area contributed by atoms with Gasteiger partial charge in [0.05, 0.1) is 17.9 Å². The zero-order valence-electron chi connectivity index (χ0n) is 10.5. The number of pyridine rings is 1. The van der Waals surface area contributed by atoms with Gasteiger partial charge in [0.1, 0.15) is 11.8 Å². The number of nitriles is 1. The summed E-state index contributed by atoms with van der Waals surface area (Å²) in [7, 11) is 0. The van der Waals surface area contributed by atoms with Gasteiger partial charge in [-0.05, 0) is 42.7 Å². The van der Waals surface area contributed by atoms with Gasteiger partial charge in [0, 0.05) is 18.5 Å². The lowest BCUT2D eigenvalue weighted by Crippen LogP contribution is -2.00. The molecule has 0 bridgehead atoms. The van der Waals surface area contributed by atoms with E-state index in [0.717, 1.165) is 12.8 Å². The summed E-state index contributed by atoms with van der Waals surface area (Å²) in [5.74, 6) is 0.700. The molecule has 1 aromatic carbocycles. The smallest absolute Gasteiger partial charge is 0.121 e. The van der Waals surface area contributed by atoms with Gasteiger partial charge in [-0.1, -0.05) is 0 Å². The number of rotatable bonds is 5. The zero-order valence-corrected chi connectivity index (χ0v) is 10.5. The van der Waals surface area contributed by atoms with Crippen molar-refractivity contribution in [3.63, 3.8) is 0 Å². The van der Waals surface area contributed by atoms with Crippen LogP contribution in [0.5, 0.6) is 5.75 Å². The topological polar surface area (TPSA) is 71.9 Å². The molecule has 19 heavy (non-hydrogen) atoms. The fourth-order valence-electron chi connectivity index (χ4n) is 1.75. The Labute approximate surface area is 112 Å². The average molecular weight is 253 g/mol. The molecule has 4 heteroatoms. The first-order chi connectivity index (χ1) is 9.29. The molecule has 96 valence electrons. The first-order valence-corrected chi connectivity index (χ1v) is 6.11. The predicted molar refractivity (Wildman–Crippen MR) is 73.6 cm³/mol. The van der Waals surface area contributed by atoms with Gasteiger partial charge in [0.2, 0.25) is 0 Å². The third-order valence-electron chi connectivity index (χ3n) is 2.77. The summed E-state index contributed by atoms with van der Waals surface area (Å²) in [6.07, 6.45) is 5.45. The van der Waals surface area contributed by atoms with Crippen LogP contribution in [0.2, 0.25) is 0 Å². The first-order valence-electron chi connectivity index (χ1n) is 6.11. The molecule has 0 aliphatic carbocycles. The molecule has 0 fully saturated rings. The second-order valence-corrected chi connectivity index (χ2v) is 4.17. The number of nitrogens with zero attached hydrogens (tertiary/aromatic N) is 2. The molecule has 2 N–H and O–H groups in total. The van der Waals surface area contributed by atoms with Gasteiger partial charge in [0.25, 0.3) is 0 Å². The van der Waals surface area contributed by atoms with Crippen molar-refractivity contribution in [3.8, 4) is 11.8 Å². The first kappa shape index (κ1) is 12.9. The summed E-state index contributed by atoms with van der Waals surface area (Å²) in [5, 5.41) is 8.77. The predicted octanol–water partition coefficient (Wildman–Crippen LogP) is 2.55. The Balaban J connectivity index is 1.80. The molecule has 2 aromatic rings. The molecule has 1 heterocycles. The van der Waals surface area contributed by atoms with E-state index in [1.165, 1.54) is 5.56 Å². The number of aromatic nitrogens is 1. The lowest BCUT2D eigenvalue weighted by atomic mass is 10.1. The molecule has 0 saturated heterocycles. The van der Waals surface area contributed by atoms with Crippen molar-refractivity contribution >= 4 is 5.69 Å². The number of aryl methyl sites for hydroxylation is 1. The number of hydrogen-bond donors (Lipinski definition) is 1. The molecule has 0 amide bonds. The van der Waals surface area contributed by atoms with E-state index in [2.05, 4.69) is 4.98 Å². The van der Waals surface area contributed by atoms with E-state index in [0.29, 0.717) is 23.6 Å². The lowest BCUT2D eigenvalue weighted by molar-refractivity contribution is 0.311. The van der Waals surface area contributed by atoms with Gasteiger partial charge in [-0.3, -0.25) is 4.98 Å². The molecule has 0 radical (unpaired) electrons. The SMILES string of the molecule is N#Cc1ccc(OCCCc2ccncc2)cc1N. The Bertz CT molecular complexity index is 576. The molecular formula is C15H15N3O. The maximum absolute atomic E-state index is 8.77. The van der Waals surface area contributed by atoms with Crippen LogP contribution in [0.15, 0.2) is 42.7 Å². The number of benzene rings is 1. The van der Waals surface area contributed by atoms with Crippen LogP contribution in [0.1, 0.15) is 17.5 Å². The van der Waals surface area contributed by atoms with Crippen LogP contribution >= 0.6 is 0 Å². The van der Waals surface area contributed by atoms with E-state index in [4.69, 9.17) is 15.7 Å². The third kappa shape index (κ3) is 3.71. The highest BCUT2D eigenvalue weighted by molar-refractivity contribution is 5.56. The Morgan fingerprint density at radius 3 is 2.68 bits per heavy atom. The second kappa shape index (κ2) is 6.41. The molecule has 0 aliphatic heterocycles. The van der Waals surface area contributed by atoms with Crippen molar-refractivity contribution < 1.29 is 4.74 Å². The van der Waals surface area contributed by atoms with Crippen molar-refractivity contribution in [2.75, 3.05) is 12.3 Å². The number of nitrogen functional groups attached to an aromatic ring is 1.